The monoisotopic (exact) mass is 441 g/mol. The number of nitrogens with one attached hydrogen (secondary N) is 1. The summed E-state index contributed by atoms with van der Waals surface area (Å²) in [6, 6.07) is 12.6. The van der Waals surface area contributed by atoms with Crippen molar-refractivity contribution in [2.45, 2.75) is 43.1 Å². The first-order chi connectivity index (χ1) is 16.0. The summed E-state index contributed by atoms with van der Waals surface area (Å²) in [4.78, 5) is 60.0. The molecule has 6 heterocycles. The number of nitrogens with zero attached hydrogens (tertiary/aromatic N) is 4. The minimum absolute atomic E-state index is 0.159. The molecule has 1 spiro atoms. The molecule has 1 aromatic heterocycles. The zero-order valence-electron chi connectivity index (χ0n) is 17.6. The summed E-state index contributed by atoms with van der Waals surface area (Å²) in [5.41, 5.74) is 1.10. The Bertz CT molecular complexity index is 1480. The molecule has 9 nitrogen and oxygen atoms in total. The van der Waals surface area contributed by atoms with Crippen molar-refractivity contribution in [3.63, 3.8) is 0 Å². The lowest BCUT2D eigenvalue weighted by molar-refractivity contribution is -0.135. The molecule has 2 saturated heterocycles. The van der Waals surface area contributed by atoms with Crippen LogP contribution in [0.3, 0.4) is 0 Å². The topological polar surface area (TPSA) is 105 Å². The fraction of sp³-hybridized carbons (Fsp3) is 0.292. The molecule has 0 saturated carbocycles. The molecule has 0 aliphatic carbocycles. The first-order valence-electron chi connectivity index (χ1n) is 11.0. The van der Waals surface area contributed by atoms with Crippen molar-refractivity contribution in [2.75, 3.05) is 4.90 Å². The molecule has 0 radical (unpaired) electrons. The summed E-state index contributed by atoms with van der Waals surface area (Å²) in [5, 5.41) is 3.54. The van der Waals surface area contributed by atoms with Crippen LogP contribution in [0.5, 0.6) is 0 Å². The van der Waals surface area contributed by atoms with Crippen LogP contribution < -0.4 is 15.8 Å². The largest absolute Gasteiger partial charge is 0.343 e. The SMILES string of the molecule is CC1C(=O)N2c3ccccc3C3(CC4C(=O)NC3c3nc5ccccc5c(=O)n34)C2N1C=O. The van der Waals surface area contributed by atoms with Gasteiger partial charge >= 0.3 is 0 Å². The van der Waals surface area contributed by atoms with Crippen molar-refractivity contribution >= 4 is 34.8 Å². The van der Waals surface area contributed by atoms with E-state index >= 15 is 0 Å². The Kier molecular flexibility index (Phi) is 3.29. The number of anilines is 1. The van der Waals surface area contributed by atoms with Gasteiger partial charge in [-0.15, -0.1) is 0 Å². The van der Waals surface area contributed by atoms with Crippen molar-refractivity contribution in [1.82, 2.24) is 19.8 Å². The number of hydrogen-bond donors (Lipinski definition) is 1. The standard InChI is InChI=1S/C24H19N5O4/c1-12-21(32)29-16-9-5-3-7-14(16)24(23(29)27(12)11-30)10-17-20(31)26-18(24)19-25-15-8-4-2-6-13(15)22(33)28(17)19/h2-9,11-12,17-18,23H,10H2,1H3,(H,26,31). The van der Waals surface area contributed by atoms with E-state index in [9.17, 15) is 19.2 Å². The molecule has 1 N–H and O–H groups in total. The summed E-state index contributed by atoms with van der Waals surface area (Å²) >= 11 is 0. The molecule has 5 atom stereocenters. The van der Waals surface area contributed by atoms with Crippen LogP contribution in [0.2, 0.25) is 0 Å². The minimum Gasteiger partial charge on any atom is -0.343 e. The zero-order chi connectivity index (χ0) is 22.6. The molecule has 33 heavy (non-hydrogen) atoms. The van der Waals surface area contributed by atoms with Crippen LogP contribution in [0.25, 0.3) is 10.9 Å². The lowest BCUT2D eigenvalue weighted by Crippen LogP contribution is -2.66. The molecule has 8 rings (SSSR count). The molecule has 2 bridgehead atoms. The van der Waals surface area contributed by atoms with E-state index in [2.05, 4.69) is 5.32 Å². The maximum atomic E-state index is 13.4. The van der Waals surface area contributed by atoms with Crippen LogP contribution >= 0.6 is 0 Å². The van der Waals surface area contributed by atoms with Crippen molar-refractivity contribution in [2.24, 2.45) is 0 Å². The Morgan fingerprint density at radius 1 is 1.09 bits per heavy atom. The van der Waals surface area contributed by atoms with Gasteiger partial charge in [0, 0.05) is 5.69 Å². The van der Waals surface area contributed by atoms with Crippen LogP contribution in [0, 0.1) is 0 Å². The van der Waals surface area contributed by atoms with Gasteiger partial charge in [0.25, 0.3) is 11.5 Å². The third-order valence-electron chi connectivity index (χ3n) is 7.86. The van der Waals surface area contributed by atoms with Crippen molar-refractivity contribution < 1.29 is 14.4 Å². The smallest absolute Gasteiger partial charge is 0.262 e. The fourth-order valence-electron chi connectivity index (χ4n) is 6.50. The predicted octanol–water partition coefficient (Wildman–Crippen LogP) is 0.983. The molecule has 3 amide bonds. The van der Waals surface area contributed by atoms with Gasteiger partial charge in [-0.25, -0.2) is 4.98 Å². The molecule has 5 aliphatic heterocycles. The number of benzene rings is 2. The average molecular weight is 441 g/mol. The molecule has 5 unspecified atom stereocenters. The van der Waals surface area contributed by atoms with Gasteiger partial charge in [-0.1, -0.05) is 30.3 Å². The van der Waals surface area contributed by atoms with Gasteiger partial charge in [-0.2, -0.15) is 0 Å². The highest BCUT2D eigenvalue weighted by Gasteiger charge is 2.69. The van der Waals surface area contributed by atoms with Gasteiger partial charge in [-0.05, 0) is 37.1 Å². The fourth-order valence-corrected chi connectivity index (χ4v) is 6.50. The highest BCUT2D eigenvalue weighted by molar-refractivity contribution is 6.04. The molecule has 9 heteroatoms. The minimum atomic E-state index is -0.821. The number of hydrogen-bond acceptors (Lipinski definition) is 5. The van der Waals surface area contributed by atoms with E-state index in [1.807, 2.05) is 30.3 Å². The van der Waals surface area contributed by atoms with Crippen molar-refractivity contribution in [3.8, 4) is 0 Å². The first kappa shape index (κ1) is 18.6. The number of fused-ring (bicyclic) bond motifs is 5. The van der Waals surface area contributed by atoms with Gasteiger partial charge < -0.3 is 10.2 Å². The summed E-state index contributed by atoms with van der Waals surface area (Å²) < 4.78 is 1.51. The lowest BCUT2D eigenvalue weighted by atomic mass is 9.64. The highest BCUT2D eigenvalue weighted by atomic mass is 16.2. The third-order valence-corrected chi connectivity index (χ3v) is 7.86. The number of piperidine rings is 1. The van der Waals surface area contributed by atoms with Crippen LogP contribution in [0.15, 0.2) is 53.3 Å². The number of aromatic nitrogens is 2. The van der Waals surface area contributed by atoms with Gasteiger partial charge in [0.15, 0.2) is 0 Å². The van der Waals surface area contributed by atoms with Gasteiger partial charge in [0.1, 0.15) is 30.1 Å². The molecular formula is C24H19N5O4. The number of para-hydroxylation sites is 2. The quantitative estimate of drug-likeness (QED) is 0.567. The maximum Gasteiger partial charge on any atom is 0.262 e. The van der Waals surface area contributed by atoms with Crippen LogP contribution in [0.1, 0.15) is 36.8 Å². The van der Waals surface area contributed by atoms with Crippen LogP contribution in [-0.2, 0) is 19.8 Å². The lowest BCUT2D eigenvalue weighted by Gasteiger charge is -2.53. The molecular weight excluding hydrogens is 422 g/mol. The normalized spacial score (nSPS) is 31.1. The summed E-state index contributed by atoms with van der Waals surface area (Å²) in [6.45, 7) is 1.72. The summed E-state index contributed by atoms with van der Waals surface area (Å²) in [5.74, 6) is 0.0559. The van der Waals surface area contributed by atoms with Gasteiger partial charge in [-0.3, -0.25) is 28.6 Å². The number of rotatable bonds is 1. The van der Waals surface area contributed by atoms with E-state index in [0.29, 0.717) is 29.6 Å². The second-order valence-electron chi connectivity index (χ2n) is 9.19. The number of carbonyl (C=O) groups excluding carboxylic acids is 3. The Morgan fingerprint density at radius 2 is 1.85 bits per heavy atom. The predicted molar refractivity (Wildman–Crippen MR) is 117 cm³/mol. The molecule has 164 valence electrons. The van der Waals surface area contributed by atoms with Crippen LogP contribution in [-0.4, -0.2) is 44.9 Å². The third kappa shape index (κ3) is 1.93. The Hall–Kier alpha value is -4.01. The zero-order valence-corrected chi connectivity index (χ0v) is 17.6. The van der Waals surface area contributed by atoms with Gasteiger partial charge in [0.2, 0.25) is 12.3 Å². The second kappa shape index (κ2) is 5.86. The molecule has 2 fully saturated rings. The van der Waals surface area contributed by atoms with E-state index < -0.39 is 29.7 Å². The van der Waals surface area contributed by atoms with E-state index in [1.54, 1.807) is 34.9 Å². The Balaban J connectivity index is 1.56. The number of amides is 3. The highest BCUT2D eigenvalue weighted by Crippen LogP contribution is 2.61. The average Bonchev–Trinajstić information content (AvgIpc) is 3.25. The molecule has 3 aromatic rings. The summed E-state index contributed by atoms with van der Waals surface area (Å²) in [7, 11) is 0. The maximum absolute atomic E-state index is 13.4. The first-order valence-corrected chi connectivity index (χ1v) is 11.0. The molecule has 2 aromatic carbocycles. The van der Waals surface area contributed by atoms with E-state index in [4.69, 9.17) is 4.98 Å². The Morgan fingerprint density at radius 3 is 2.67 bits per heavy atom. The van der Waals surface area contributed by atoms with Gasteiger partial charge in [0.05, 0.1) is 16.3 Å². The van der Waals surface area contributed by atoms with Crippen molar-refractivity contribution in [1.29, 1.82) is 0 Å². The Labute approximate surface area is 187 Å². The molecule has 5 aliphatic rings. The number of carbonyl (C=O) groups is 3. The van der Waals surface area contributed by atoms with Crippen LogP contribution in [0.4, 0.5) is 5.69 Å². The second-order valence-corrected chi connectivity index (χ2v) is 9.19. The summed E-state index contributed by atoms with van der Waals surface area (Å²) in [6.07, 6.45) is 0.394. The van der Waals surface area contributed by atoms with Crippen molar-refractivity contribution in [3.05, 3.63) is 70.3 Å². The van der Waals surface area contributed by atoms with E-state index in [-0.39, 0.29) is 17.4 Å². The van der Waals surface area contributed by atoms with E-state index in [1.165, 1.54) is 4.57 Å². The van der Waals surface area contributed by atoms with E-state index in [0.717, 1.165) is 11.3 Å².